The molecule has 0 aliphatic carbocycles. The van der Waals surface area contributed by atoms with Crippen LogP contribution < -0.4 is 10.1 Å². The van der Waals surface area contributed by atoms with Gasteiger partial charge >= 0.3 is 5.97 Å². The molecule has 2 atom stereocenters. The van der Waals surface area contributed by atoms with E-state index in [2.05, 4.69) is 5.32 Å². The summed E-state index contributed by atoms with van der Waals surface area (Å²) < 4.78 is 5.64. The van der Waals surface area contributed by atoms with Crippen molar-refractivity contribution >= 4 is 11.9 Å². The second-order valence-electron chi connectivity index (χ2n) is 6.05. The zero-order valence-electron chi connectivity index (χ0n) is 12.6. The molecule has 0 spiro atoms. The van der Waals surface area contributed by atoms with Crippen LogP contribution in [0.25, 0.3) is 0 Å². The molecule has 0 radical (unpaired) electrons. The van der Waals surface area contributed by atoms with Gasteiger partial charge in [-0.2, -0.15) is 0 Å². The SMILES string of the molecule is CC(C)C(C)(CC(=O)O)NC(=O)C1Cc2ccccc2O1. The molecule has 1 aliphatic heterocycles. The lowest BCUT2D eigenvalue weighted by molar-refractivity contribution is -0.140. The van der Waals surface area contributed by atoms with Crippen LogP contribution in [0, 0.1) is 5.92 Å². The fourth-order valence-electron chi connectivity index (χ4n) is 2.40. The molecule has 0 bridgehead atoms. The van der Waals surface area contributed by atoms with Gasteiger partial charge in [-0.05, 0) is 24.5 Å². The summed E-state index contributed by atoms with van der Waals surface area (Å²) in [6, 6.07) is 7.54. The molecule has 114 valence electrons. The summed E-state index contributed by atoms with van der Waals surface area (Å²) >= 11 is 0. The minimum Gasteiger partial charge on any atom is -0.481 e. The van der Waals surface area contributed by atoms with Gasteiger partial charge in [-0.15, -0.1) is 0 Å². The van der Waals surface area contributed by atoms with Gasteiger partial charge in [0.25, 0.3) is 5.91 Å². The number of carbonyl (C=O) groups excluding carboxylic acids is 1. The summed E-state index contributed by atoms with van der Waals surface area (Å²) in [5.74, 6) is -0.464. The summed E-state index contributed by atoms with van der Waals surface area (Å²) in [7, 11) is 0. The van der Waals surface area contributed by atoms with Crippen molar-refractivity contribution < 1.29 is 19.4 Å². The first-order chi connectivity index (χ1) is 9.82. The summed E-state index contributed by atoms with van der Waals surface area (Å²) in [5.41, 5.74) is 0.211. The van der Waals surface area contributed by atoms with E-state index < -0.39 is 17.6 Å². The van der Waals surface area contributed by atoms with Crippen LogP contribution in [0.5, 0.6) is 5.75 Å². The molecule has 1 aromatic rings. The number of amides is 1. The molecule has 21 heavy (non-hydrogen) atoms. The van der Waals surface area contributed by atoms with Gasteiger partial charge in [0, 0.05) is 6.42 Å². The van der Waals surface area contributed by atoms with Crippen LogP contribution in [0.1, 0.15) is 32.8 Å². The van der Waals surface area contributed by atoms with E-state index in [0.29, 0.717) is 6.42 Å². The van der Waals surface area contributed by atoms with E-state index in [0.717, 1.165) is 11.3 Å². The number of benzene rings is 1. The molecule has 2 N–H and O–H groups in total. The van der Waals surface area contributed by atoms with Crippen molar-refractivity contribution in [3.05, 3.63) is 29.8 Å². The van der Waals surface area contributed by atoms with Crippen molar-refractivity contribution in [3.63, 3.8) is 0 Å². The smallest absolute Gasteiger partial charge is 0.305 e. The number of aliphatic carboxylic acids is 1. The Hall–Kier alpha value is -2.04. The highest BCUT2D eigenvalue weighted by Gasteiger charge is 2.37. The standard InChI is InChI=1S/C16H21NO4/c1-10(2)16(3,9-14(18)19)17-15(20)13-8-11-6-4-5-7-12(11)21-13/h4-7,10,13H,8-9H2,1-3H3,(H,17,20)(H,18,19). The predicted octanol–water partition coefficient (Wildman–Crippen LogP) is 2.00. The average molecular weight is 291 g/mol. The fraction of sp³-hybridized carbons (Fsp3) is 0.500. The van der Waals surface area contributed by atoms with Crippen molar-refractivity contribution in [2.75, 3.05) is 0 Å². The van der Waals surface area contributed by atoms with Gasteiger partial charge in [0.2, 0.25) is 0 Å². The van der Waals surface area contributed by atoms with E-state index in [1.807, 2.05) is 38.1 Å². The normalized spacial score (nSPS) is 19.5. The number of carbonyl (C=O) groups is 2. The van der Waals surface area contributed by atoms with Gasteiger partial charge in [0.1, 0.15) is 5.75 Å². The number of para-hydroxylation sites is 1. The third-order valence-electron chi connectivity index (χ3n) is 4.14. The third kappa shape index (κ3) is 3.35. The second-order valence-corrected chi connectivity index (χ2v) is 6.05. The average Bonchev–Trinajstić information content (AvgIpc) is 2.81. The van der Waals surface area contributed by atoms with Gasteiger partial charge in [-0.1, -0.05) is 32.0 Å². The molecule has 0 fully saturated rings. The van der Waals surface area contributed by atoms with E-state index >= 15 is 0 Å². The van der Waals surface area contributed by atoms with Crippen molar-refractivity contribution in [2.24, 2.45) is 5.92 Å². The molecule has 1 heterocycles. The number of fused-ring (bicyclic) bond motifs is 1. The van der Waals surface area contributed by atoms with Crippen LogP contribution in [0.3, 0.4) is 0 Å². The maximum absolute atomic E-state index is 12.4. The quantitative estimate of drug-likeness (QED) is 0.870. The maximum Gasteiger partial charge on any atom is 0.305 e. The van der Waals surface area contributed by atoms with Crippen LogP contribution in [0.2, 0.25) is 0 Å². The van der Waals surface area contributed by atoms with Crippen molar-refractivity contribution in [2.45, 2.75) is 45.3 Å². The Labute approximate surface area is 124 Å². The zero-order chi connectivity index (χ0) is 15.6. The van der Waals surface area contributed by atoms with Gasteiger partial charge in [-0.25, -0.2) is 0 Å². The number of nitrogens with one attached hydrogen (secondary N) is 1. The molecular weight excluding hydrogens is 270 g/mol. The Morgan fingerprint density at radius 1 is 1.43 bits per heavy atom. The minimum absolute atomic E-state index is 0.00123. The zero-order valence-corrected chi connectivity index (χ0v) is 12.6. The van der Waals surface area contributed by atoms with Gasteiger partial charge in [0.15, 0.2) is 6.10 Å². The highest BCUT2D eigenvalue weighted by molar-refractivity contribution is 5.84. The molecule has 0 saturated heterocycles. The molecular formula is C16H21NO4. The van der Waals surface area contributed by atoms with Crippen LogP contribution in [0.4, 0.5) is 0 Å². The summed E-state index contributed by atoms with van der Waals surface area (Å²) in [6.45, 7) is 5.55. The van der Waals surface area contributed by atoms with E-state index in [-0.39, 0.29) is 18.2 Å². The summed E-state index contributed by atoms with van der Waals surface area (Å²) in [4.78, 5) is 23.4. The number of hydrogen-bond acceptors (Lipinski definition) is 3. The van der Waals surface area contributed by atoms with Gasteiger partial charge in [-0.3, -0.25) is 9.59 Å². The highest BCUT2D eigenvalue weighted by atomic mass is 16.5. The van der Waals surface area contributed by atoms with Crippen LogP contribution >= 0.6 is 0 Å². The number of carboxylic acid groups (broad SMARTS) is 1. The Kier molecular flexibility index (Phi) is 4.21. The second kappa shape index (κ2) is 5.76. The molecule has 0 saturated carbocycles. The number of ether oxygens (including phenoxy) is 1. The van der Waals surface area contributed by atoms with Gasteiger partial charge < -0.3 is 15.2 Å². The number of rotatable bonds is 5. The Morgan fingerprint density at radius 3 is 2.67 bits per heavy atom. The minimum atomic E-state index is -0.929. The predicted molar refractivity (Wildman–Crippen MR) is 78.2 cm³/mol. The maximum atomic E-state index is 12.4. The molecule has 0 aromatic heterocycles. The summed E-state index contributed by atoms with van der Waals surface area (Å²) in [5, 5.41) is 11.9. The Morgan fingerprint density at radius 2 is 2.10 bits per heavy atom. The molecule has 5 heteroatoms. The van der Waals surface area contributed by atoms with Crippen LogP contribution in [-0.4, -0.2) is 28.6 Å². The molecule has 2 unspecified atom stereocenters. The molecule has 1 aromatic carbocycles. The summed E-state index contributed by atoms with van der Waals surface area (Å²) in [6.07, 6.45) is -0.187. The van der Waals surface area contributed by atoms with Crippen LogP contribution in [0.15, 0.2) is 24.3 Å². The molecule has 2 rings (SSSR count). The van der Waals surface area contributed by atoms with Crippen molar-refractivity contribution in [3.8, 4) is 5.75 Å². The van der Waals surface area contributed by atoms with E-state index in [1.54, 1.807) is 6.92 Å². The Bertz CT molecular complexity index is 530. The first-order valence-electron chi connectivity index (χ1n) is 7.10. The van der Waals surface area contributed by atoms with Gasteiger partial charge in [0.05, 0.1) is 12.0 Å². The topological polar surface area (TPSA) is 75.6 Å². The third-order valence-corrected chi connectivity index (χ3v) is 4.14. The molecule has 1 aliphatic rings. The molecule has 5 nitrogen and oxygen atoms in total. The highest BCUT2D eigenvalue weighted by Crippen LogP contribution is 2.29. The lowest BCUT2D eigenvalue weighted by Crippen LogP contribution is -2.54. The number of hydrogen-bond donors (Lipinski definition) is 2. The lowest BCUT2D eigenvalue weighted by atomic mass is 9.85. The van der Waals surface area contributed by atoms with E-state index in [1.165, 1.54) is 0 Å². The van der Waals surface area contributed by atoms with E-state index in [4.69, 9.17) is 9.84 Å². The first-order valence-corrected chi connectivity index (χ1v) is 7.10. The lowest BCUT2D eigenvalue weighted by Gasteiger charge is -2.34. The van der Waals surface area contributed by atoms with Crippen LogP contribution in [-0.2, 0) is 16.0 Å². The van der Waals surface area contributed by atoms with Crippen molar-refractivity contribution in [1.82, 2.24) is 5.32 Å². The first kappa shape index (κ1) is 15.4. The number of carboxylic acids is 1. The largest absolute Gasteiger partial charge is 0.481 e. The fourth-order valence-corrected chi connectivity index (χ4v) is 2.40. The van der Waals surface area contributed by atoms with Crippen molar-refractivity contribution in [1.29, 1.82) is 0 Å². The van der Waals surface area contributed by atoms with E-state index in [9.17, 15) is 9.59 Å². The monoisotopic (exact) mass is 291 g/mol. The molecule has 1 amide bonds. The Balaban J connectivity index is 2.06.